The average Bonchev–Trinajstić information content (AvgIpc) is 3.44. The highest BCUT2D eigenvalue weighted by Gasteiger charge is 2.25. The first kappa shape index (κ1) is 33.3. The van der Waals surface area contributed by atoms with E-state index in [2.05, 4.69) is 28.9 Å². The van der Waals surface area contributed by atoms with Crippen LogP contribution in [0.4, 0.5) is 5.69 Å². The summed E-state index contributed by atoms with van der Waals surface area (Å²) >= 11 is 12.1. The van der Waals surface area contributed by atoms with Crippen LogP contribution in [-0.2, 0) is 13.6 Å². The van der Waals surface area contributed by atoms with Crippen LogP contribution < -0.4 is 14.4 Å². The van der Waals surface area contributed by atoms with E-state index in [-0.39, 0.29) is 11.8 Å². The van der Waals surface area contributed by atoms with Crippen molar-refractivity contribution in [3.05, 3.63) is 112 Å². The fraction of sp³-hybridized carbons (Fsp3) is 0.270. The molecule has 0 atom stereocenters. The van der Waals surface area contributed by atoms with Crippen LogP contribution in [0.25, 0.3) is 10.9 Å². The number of pyridine rings is 1. The Morgan fingerprint density at radius 3 is 2.31 bits per heavy atom. The molecule has 3 heterocycles. The molecule has 0 bridgehead atoms. The highest BCUT2D eigenvalue weighted by molar-refractivity contribution is 6.42. The minimum Gasteiger partial charge on any atom is -0.494 e. The van der Waals surface area contributed by atoms with Crippen molar-refractivity contribution >= 4 is 51.6 Å². The molecule has 1 saturated heterocycles. The number of hydrogen-bond donors (Lipinski definition) is 0. The molecular weight excluding hydrogens is 649 g/mol. The first-order chi connectivity index (χ1) is 23.2. The Balaban J connectivity index is 1.06. The van der Waals surface area contributed by atoms with Crippen molar-refractivity contribution in [2.75, 3.05) is 44.7 Å². The number of aryl methyl sites for hydroxylation is 1. The van der Waals surface area contributed by atoms with Gasteiger partial charge in [-0.15, -0.1) is 0 Å². The smallest absolute Gasteiger partial charge is 0.270 e. The molecule has 0 aliphatic carbocycles. The molecule has 1 aliphatic heterocycles. The van der Waals surface area contributed by atoms with Crippen LogP contribution in [0.3, 0.4) is 0 Å². The molecule has 3 aromatic carbocycles. The third-order valence-corrected chi connectivity index (χ3v) is 9.24. The van der Waals surface area contributed by atoms with Crippen LogP contribution in [0.5, 0.6) is 17.4 Å². The molecule has 0 saturated carbocycles. The van der Waals surface area contributed by atoms with Crippen LogP contribution in [-0.4, -0.2) is 71.0 Å². The van der Waals surface area contributed by atoms with E-state index in [9.17, 15) is 9.59 Å². The number of ether oxygens (including phenoxy) is 2. The molecular formula is C37H37Cl2N5O4. The molecule has 5 aromatic rings. The largest absolute Gasteiger partial charge is 0.494 e. The van der Waals surface area contributed by atoms with Gasteiger partial charge in [0.2, 0.25) is 5.88 Å². The maximum Gasteiger partial charge on any atom is 0.270 e. The van der Waals surface area contributed by atoms with E-state index in [0.29, 0.717) is 51.7 Å². The Kier molecular flexibility index (Phi) is 10.2. The van der Waals surface area contributed by atoms with Gasteiger partial charge < -0.3 is 23.8 Å². The number of piperazine rings is 1. The van der Waals surface area contributed by atoms with Gasteiger partial charge in [-0.05, 0) is 72.6 Å². The lowest BCUT2D eigenvalue weighted by atomic mass is 10.2. The Hall–Kier alpha value is -4.57. The summed E-state index contributed by atoms with van der Waals surface area (Å²) in [5.41, 5.74) is 3.81. The van der Waals surface area contributed by atoms with Crippen molar-refractivity contribution in [1.82, 2.24) is 19.4 Å². The van der Waals surface area contributed by atoms with Crippen molar-refractivity contribution in [3.63, 3.8) is 0 Å². The molecule has 248 valence electrons. The van der Waals surface area contributed by atoms with Gasteiger partial charge in [-0.1, -0.05) is 42.3 Å². The summed E-state index contributed by atoms with van der Waals surface area (Å²) in [5, 5.41) is 1.60. The van der Waals surface area contributed by atoms with Crippen LogP contribution in [0, 0.1) is 0 Å². The van der Waals surface area contributed by atoms with Crippen LogP contribution >= 0.6 is 23.2 Å². The number of carbonyl (C=O) groups excluding carboxylic acids is 2. The number of carbonyl (C=O) groups is 2. The Morgan fingerprint density at radius 1 is 0.875 bits per heavy atom. The zero-order chi connectivity index (χ0) is 33.8. The molecule has 0 spiro atoms. The lowest BCUT2D eigenvalue weighted by molar-refractivity contribution is 0.0619. The number of anilines is 1. The van der Waals surface area contributed by atoms with Gasteiger partial charge in [0.15, 0.2) is 0 Å². The Bertz CT molecular complexity index is 1920. The minimum atomic E-state index is -0.245. The van der Waals surface area contributed by atoms with Gasteiger partial charge in [0, 0.05) is 69.4 Å². The molecule has 2 aromatic heterocycles. The van der Waals surface area contributed by atoms with Gasteiger partial charge in [-0.2, -0.15) is 0 Å². The van der Waals surface area contributed by atoms with E-state index < -0.39 is 0 Å². The molecule has 9 nitrogen and oxygen atoms in total. The van der Waals surface area contributed by atoms with Crippen LogP contribution in [0.1, 0.15) is 39.8 Å². The summed E-state index contributed by atoms with van der Waals surface area (Å²) in [6.07, 6.45) is 2.56. The van der Waals surface area contributed by atoms with Crippen molar-refractivity contribution in [2.24, 2.45) is 7.05 Å². The Morgan fingerprint density at radius 2 is 1.62 bits per heavy atom. The van der Waals surface area contributed by atoms with Crippen molar-refractivity contribution in [3.8, 4) is 17.4 Å². The summed E-state index contributed by atoms with van der Waals surface area (Å²) < 4.78 is 13.7. The zero-order valence-electron chi connectivity index (χ0n) is 27.2. The van der Waals surface area contributed by atoms with Crippen molar-refractivity contribution in [2.45, 2.75) is 19.9 Å². The molecule has 1 fully saturated rings. The van der Waals surface area contributed by atoms with Crippen LogP contribution in [0.15, 0.2) is 85.1 Å². The number of aromatic nitrogens is 2. The second-order valence-corrected chi connectivity index (χ2v) is 12.6. The van der Waals surface area contributed by atoms with Gasteiger partial charge in [0.25, 0.3) is 11.8 Å². The summed E-state index contributed by atoms with van der Waals surface area (Å²) in [6, 6.07) is 24.1. The summed E-state index contributed by atoms with van der Waals surface area (Å²) in [4.78, 5) is 36.7. The number of amides is 2. The first-order valence-electron chi connectivity index (χ1n) is 15.9. The topological polar surface area (TPSA) is 80.1 Å². The maximum absolute atomic E-state index is 13.6. The number of rotatable bonds is 10. The predicted octanol–water partition coefficient (Wildman–Crippen LogP) is 7.70. The number of benzene rings is 3. The standard InChI is InChI=1S/C37H37Cl2N5O4/c1-4-19-47-29-9-5-25(6-10-29)24-43-15-17-44(18-16-43)37(46)34-22-27-20-30(11-13-33(27)42(34)3)48-35-14-8-28(23-40-35)41(2)36(45)26-7-12-31(38)32(39)21-26/h5-14,20-23H,4,15-19,24H2,1-3H3. The van der Waals surface area contributed by atoms with Crippen LogP contribution in [0.2, 0.25) is 10.0 Å². The van der Waals surface area contributed by atoms with E-state index in [4.69, 9.17) is 32.7 Å². The summed E-state index contributed by atoms with van der Waals surface area (Å²) in [7, 11) is 3.57. The number of fused-ring (bicyclic) bond motifs is 1. The number of halogens is 2. The molecule has 0 unspecified atom stereocenters. The molecule has 48 heavy (non-hydrogen) atoms. The van der Waals surface area contributed by atoms with E-state index in [1.165, 1.54) is 10.5 Å². The van der Waals surface area contributed by atoms with Gasteiger partial charge >= 0.3 is 0 Å². The average molecular weight is 687 g/mol. The summed E-state index contributed by atoms with van der Waals surface area (Å²) in [5.74, 6) is 1.64. The molecule has 0 N–H and O–H groups in total. The SMILES string of the molecule is CCCOc1ccc(CN2CCN(C(=O)c3cc4cc(Oc5ccc(N(C)C(=O)c6ccc(Cl)c(Cl)c6)cn5)ccc4n3C)CC2)cc1. The second kappa shape index (κ2) is 14.7. The third-order valence-electron chi connectivity index (χ3n) is 8.50. The highest BCUT2D eigenvalue weighted by atomic mass is 35.5. The zero-order valence-corrected chi connectivity index (χ0v) is 28.7. The van der Waals surface area contributed by atoms with Gasteiger partial charge in [0.05, 0.1) is 28.5 Å². The van der Waals surface area contributed by atoms with E-state index in [0.717, 1.165) is 49.3 Å². The predicted molar refractivity (Wildman–Crippen MR) is 190 cm³/mol. The van der Waals surface area contributed by atoms with Crippen molar-refractivity contribution < 1.29 is 19.1 Å². The molecule has 6 rings (SSSR count). The second-order valence-electron chi connectivity index (χ2n) is 11.8. The summed E-state index contributed by atoms with van der Waals surface area (Å²) in [6.45, 7) is 6.63. The fourth-order valence-corrected chi connectivity index (χ4v) is 6.03. The fourth-order valence-electron chi connectivity index (χ4n) is 5.73. The molecule has 0 radical (unpaired) electrons. The lowest BCUT2D eigenvalue weighted by Crippen LogP contribution is -2.48. The lowest BCUT2D eigenvalue weighted by Gasteiger charge is -2.34. The normalized spacial score (nSPS) is 13.5. The molecule has 2 amide bonds. The van der Waals surface area contributed by atoms with Crippen molar-refractivity contribution in [1.29, 1.82) is 0 Å². The quantitative estimate of drug-likeness (QED) is 0.150. The molecule has 11 heteroatoms. The van der Waals surface area contributed by atoms with E-state index in [1.54, 1.807) is 43.6 Å². The van der Waals surface area contributed by atoms with Gasteiger partial charge in [0.1, 0.15) is 17.2 Å². The minimum absolute atomic E-state index is 0.0186. The van der Waals surface area contributed by atoms with E-state index >= 15 is 0 Å². The van der Waals surface area contributed by atoms with Gasteiger partial charge in [-0.3, -0.25) is 14.5 Å². The molecule has 1 aliphatic rings. The highest BCUT2D eigenvalue weighted by Crippen LogP contribution is 2.29. The maximum atomic E-state index is 13.6. The third kappa shape index (κ3) is 7.44. The first-order valence-corrected chi connectivity index (χ1v) is 16.7. The Labute approximate surface area is 290 Å². The monoisotopic (exact) mass is 685 g/mol. The number of hydrogen-bond acceptors (Lipinski definition) is 6. The van der Waals surface area contributed by atoms with E-state index in [1.807, 2.05) is 52.9 Å². The van der Waals surface area contributed by atoms with Gasteiger partial charge in [-0.25, -0.2) is 4.98 Å². The number of nitrogens with zero attached hydrogens (tertiary/aromatic N) is 5.